The van der Waals surface area contributed by atoms with Crippen LogP contribution in [0.1, 0.15) is 41.9 Å². The molecule has 1 N–H and O–H groups in total. The Hall–Kier alpha value is -2.84. The maximum atomic E-state index is 11.5. The number of aromatic nitrogens is 3. The third-order valence-corrected chi connectivity index (χ3v) is 5.94. The number of hydrogen-bond acceptors (Lipinski definition) is 7. The first kappa shape index (κ1) is 21.4. The minimum absolute atomic E-state index is 0.0470. The second kappa shape index (κ2) is 9.53. The smallest absolute Gasteiger partial charge is 0.209 e. The highest BCUT2D eigenvalue weighted by atomic mass is 32.2. The van der Waals surface area contributed by atoms with Crippen LogP contribution in [0.5, 0.6) is 11.5 Å². The molecular weight excluding hydrogens is 414 g/mol. The van der Waals surface area contributed by atoms with Gasteiger partial charge in [-0.25, -0.2) is 9.67 Å². The molecule has 1 atom stereocenters. The molecule has 4 rings (SSSR count). The van der Waals surface area contributed by atoms with Crippen LogP contribution < -0.4 is 9.47 Å². The number of methoxy groups -OCH3 is 1. The lowest BCUT2D eigenvalue weighted by Crippen LogP contribution is -2.20. The average molecular weight is 440 g/mol. The first-order valence-corrected chi connectivity index (χ1v) is 11.2. The summed E-state index contributed by atoms with van der Waals surface area (Å²) < 4.78 is 12.9. The Morgan fingerprint density at radius 3 is 2.68 bits per heavy atom. The zero-order valence-electron chi connectivity index (χ0n) is 17.5. The summed E-state index contributed by atoms with van der Waals surface area (Å²) in [6.07, 6.45) is 1.56. The van der Waals surface area contributed by atoms with Crippen molar-refractivity contribution in [2.45, 2.75) is 36.9 Å². The number of hydrogen-bond donors (Lipinski definition) is 1. The Labute approximate surface area is 185 Å². The Bertz CT molecular complexity index is 1050. The van der Waals surface area contributed by atoms with Crippen molar-refractivity contribution in [2.75, 3.05) is 19.5 Å². The van der Waals surface area contributed by atoms with Crippen LogP contribution in [0.4, 0.5) is 0 Å². The van der Waals surface area contributed by atoms with Gasteiger partial charge < -0.3 is 14.6 Å². The lowest BCUT2D eigenvalue weighted by Gasteiger charge is -2.14. The van der Waals surface area contributed by atoms with Gasteiger partial charge in [0.05, 0.1) is 18.9 Å². The van der Waals surface area contributed by atoms with Crippen LogP contribution in [0.2, 0.25) is 0 Å². The summed E-state index contributed by atoms with van der Waals surface area (Å²) >= 11 is 1.41. The summed E-state index contributed by atoms with van der Waals surface area (Å²) in [6, 6.07) is 15.0. The van der Waals surface area contributed by atoms with Gasteiger partial charge in [0.1, 0.15) is 12.4 Å². The van der Waals surface area contributed by atoms with Crippen molar-refractivity contribution >= 4 is 17.5 Å². The highest BCUT2D eigenvalue weighted by Gasteiger charge is 2.30. The zero-order chi connectivity index (χ0) is 21.8. The zero-order valence-corrected chi connectivity index (χ0v) is 18.3. The molecule has 162 valence electrons. The number of carbonyl (C=O) groups is 1. The van der Waals surface area contributed by atoms with E-state index in [2.05, 4.69) is 5.10 Å². The molecular formula is C23H25N3O4S. The second-order valence-electron chi connectivity index (χ2n) is 7.47. The van der Waals surface area contributed by atoms with Crippen molar-refractivity contribution in [3.63, 3.8) is 0 Å². The minimum Gasteiger partial charge on any atom is -0.493 e. The normalized spacial score (nSPS) is 14.3. The molecule has 1 aliphatic rings. The van der Waals surface area contributed by atoms with Crippen LogP contribution in [0.15, 0.2) is 53.7 Å². The number of nitrogens with zero attached hydrogens (tertiary/aromatic N) is 3. The van der Waals surface area contributed by atoms with E-state index >= 15 is 0 Å². The van der Waals surface area contributed by atoms with Crippen molar-refractivity contribution < 1.29 is 19.4 Å². The van der Waals surface area contributed by atoms with Crippen molar-refractivity contribution in [3.05, 3.63) is 59.9 Å². The van der Waals surface area contributed by atoms with Gasteiger partial charge in [-0.1, -0.05) is 30.0 Å². The largest absolute Gasteiger partial charge is 0.493 e. The van der Waals surface area contributed by atoms with Gasteiger partial charge in [0, 0.05) is 17.2 Å². The van der Waals surface area contributed by atoms with Gasteiger partial charge in [-0.2, -0.15) is 0 Å². The van der Waals surface area contributed by atoms with E-state index in [1.54, 1.807) is 18.2 Å². The van der Waals surface area contributed by atoms with Gasteiger partial charge in [0.2, 0.25) is 5.16 Å². The monoisotopic (exact) mass is 439 g/mol. The lowest BCUT2D eigenvalue weighted by atomic mass is 10.1. The molecule has 0 aliphatic heterocycles. The third kappa shape index (κ3) is 5.26. The SMILES string of the molecule is COc1cc(C(C)=O)ccc1OCC(O)CSc1nc(C2CC2)n(-c2ccccc2)n1. The third-order valence-electron chi connectivity index (χ3n) is 4.96. The van der Waals surface area contributed by atoms with Gasteiger partial charge in [-0.15, -0.1) is 5.10 Å². The van der Waals surface area contributed by atoms with Gasteiger partial charge in [-0.05, 0) is 50.1 Å². The van der Waals surface area contributed by atoms with Crippen LogP contribution >= 0.6 is 11.8 Å². The fraction of sp³-hybridized carbons (Fsp3) is 0.348. The van der Waals surface area contributed by atoms with E-state index in [1.807, 2.05) is 35.0 Å². The second-order valence-corrected chi connectivity index (χ2v) is 8.46. The standard InChI is InChI=1S/C23H25N3O4S/c1-15(27)17-10-11-20(21(12-17)29-2)30-13-19(28)14-31-23-24-22(16-8-9-16)26(25-23)18-6-4-3-5-7-18/h3-7,10-12,16,19,28H,8-9,13-14H2,1-2H3. The van der Waals surface area contributed by atoms with Crippen LogP contribution in [0, 0.1) is 0 Å². The molecule has 3 aromatic rings. The number of thioether (sulfide) groups is 1. The quantitative estimate of drug-likeness (QED) is 0.379. The number of rotatable bonds is 10. The fourth-order valence-corrected chi connectivity index (χ4v) is 3.88. The number of para-hydroxylation sites is 1. The molecule has 1 heterocycles. The number of aliphatic hydroxyl groups excluding tert-OH is 1. The van der Waals surface area contributed by atoms with Gasteiger partial charge in [-0.3, -0.25) is 4.79 Å². The predicted octanol–water partition coefficient (Wildman–Crippen LogP) is 3.89. The number of ketones is 1. The molecule has 0 spiro atoms. The van der Waals surface area contributed by atoms with E-state index < -0.39 is 6.10 Å². The summed E-state index contributed by atoms with van der Waals surface area (Å²) in [5.74, 6) is 2.74. The molecule has 1 aromatic heterocycles. The lowest BCUT2D eigenvalue weighted by molar-refractivity contribution is 0.101. The van der Waals surface area contributed by atoms with Crippen molar-refractivity contribution in [1.82, 2.24) is 14.8 Å². The number of Topliss-reactive ketones (excluding diaryl/α,β-unsaturated/α-hetero) is 1. The topological polar surface area (TPSA) is 86.5 Å². The van der Waals surface area contributed by atoms with Crippen LogP contribution in [0.25, 0.3) is 5.69 Å². The van der Waals surface area contributed by atoms with Crippen LogP contribution in [0.3, 0.4) is 0 Å². The number of aliphatic hydroxyl groups is 1. The van der Waals surface area contributed by atoms with E-state index in [-0.39, 0.29) is 12.4 Å². The Morgan fingerprint density at radius 2 is 2.00 bits per heavy atom. The van der Waals surface area contributed by atoms with Crippen molar-refractivity contribution in [3.8, 4) is 17.2 Å². The van der Waals surface area contributed by atoms with E-state index in [1.165, 1.54) is 25.8 Å². The molecule has 2 aromatic carbocycles. The van der Waals surface area contributed by atoms with E-state index in [0.717, 1.165) is 24.4 Å². The van der Waals surface area contributed by atoms with Crippen LogP contribution in [-0.2, 0) is 0 Å². The van der Waals surface area contributed by atoms with E-state index in [4.69, 9.17) is 14.5 Å². The number of carbonyl (C=O) groups excluding carboxylic acids is 1. The average Bonchev–Trinajstić information content (AvgIpc) is 3.55. The van der Waals surface area contributed by atoms with E-state index in [0.29, 0.717) is 33.9 Å². The van der Waals surface area contributed by atoms with Crippen molar-refractivity contribution in [2.24, 2.45) is 0 Å². The maximum absolute atomic E-state index is 11.5. The molecule has 7 nitrogen and oxygen atoms in total. The number of benzene rings is 2. The molecule has 0 amide bonds. The molecule has 31 heavy (non-hydrogen) atoms. The van der Waals surface area contributed by atoms with Crippen LogP contribution in [-0.4, -0.2) is 51.2 Å². The molecule has 0 bridgehead atoms. The molecule has 0 saturated heterocycles. The molecule has 1 unspecified atom stereocenters. The predicted molar refractivity (Wildman–Crippen MR) is 119 cm³/mol. The summed E-state index contributed by atoms with van der Waals surface area (Å²) in [6.45, 7) is 1.59. The minimum atomic E-state index is -0.713. The maximum Gasteiger partial charge on any atom is 0.209 e. The summed E-state index contributed by atoms with van der Waals surface area (Å²) in [5, 5.41) is 15.7. The molecule has 8 heteroatoms. The summed E-state index contributed by atoms with van der Waals surface area (Å²) in [7, 11) is 1.52. The highest BCUT2D eigenvalue weighted by molar-refractivity contribution is 7.99. The highest BCUT2D eigenvalue weighted by Crippen LogP contribution is 2.40. The Balaban J connectivity index is 1.36. The Morgan fingerprint density at radius 1 is 1.23 bits per heavy atom. The first-order chi connectivity index (χ1) is 15.0. The van der Waals surface area contributed by atoms with Crippen molar-refractivity contribution in [1.29, 1.82) is 0 Å². The molecule has 0 radical (unpaired) electrons. The fourth-order valence-electron chi connectivity index (χ4n) is 3.14. The first-order valence-electron chi connectivity index (χ1n) is 10.2. The molecule has 1 saturated carbocycles. The summed E-state index contributed by atoms with van der Waals surface area (Å²) in [4.78, 5) is 16.2. The van der Waals surface area contributed by atoms with Gasteiger partial charge in [0.15, 0.2) is 17.3 Å². The van der Waals surface area contributed by atoms with E-state index in [9.17, 15) is 9.90 Å². The molecule has 1 aliphatic carbocycles. The van der Waals surface area contributed by atoms with Gasteiger partial charge in [0.25, 0.3) is 0 Å². The Kier molecular flexibility index (Phi) is 6.58. The number of ether oxygens (including phenoxy) is 2. The van der Waals surface area contributed by atoms with Gasteiger partial charge >= 0.3 is 0 Å². The summed E-state index contributed by atoms with van der Waals surface area (Å²) in [5.41, 5.74) is 1.54. The molecule has 1 fully saturated rings.